The highest BCUT2D eigenvalue weighted by Gasteiger charge is 2.54. The van der Waals surface area contributed by atoms with Crippen molar-refractivity contribution in [2.75, 3.05) is 46.1 Å². The van der Waals surface area contributed by atoms with Crippen molar-refractivity contribution < 1.29 is 28.9 Å². The number of fused-ring (bicyclic) bond motifs is 2. The van der Waals surface area contributed by atoms with Crippen LogP contribution in [0.4, 0.5) is 4.79 Å². The topological polar surface area (TPSA) is 112 Å². The largest absolute Gasteiger partial charge is 0.444 e. The standard InChI is InChI=1S/C26H46N2O6.CHN/c1-20-14-21-16-25(5,19-26(15-20,17-21)33-13-12-32-11-10-29)28(23(31)34-24(2,3)4)18-22(30)27-8-6-7-9-27;1-2/h20-21,29H,6-19H2,1-5H3;1H/t20?,21?,25?,26-;/m1./s1. The molecule has 3 rings (SSSR count). The van der Waals surface area contributed by atoms with Gasteiger partial charge in [-0.1, -0.05) is 6.92 Å². The molecule has 0 aromatic heterocycles. The summed E-state index contributed by atoms with van der Waals surface area (Å²) in [6, 6.07) is 0. The highest BCUT2D eigenvalue weighted by Crippen LogP contribution is 2.52. The normalized spacial score (nSPS) is 29.7. The maximum absolute atomic E-state index is 13.5. The van der Waals surface area contributed by atoms with Gasteiger partial charge >= 0.3 is 6.09 Å². The predicted molar refractivity (Wildman–Crippen MR) is 136 cm³/mol. The first-order valence-corrected chi connectivity index (χ1v) is 13.3. The third kappa shape index (κ3) is 8.32. The van der Waals surface area contributed by atoms with Crippen molar-refractivity contribution in [3.8, 4) is 6.57 Å². The number of carbonyl (C=O) groups excluding carboxylic acids is 2. The van der Waals surface area contributed by atoms with Crippen LogP contribution in [0.3, 0.4) is 0 Å². The summed E-state index contributed by atoms with van der Waals surface area (Å²) in [6.45, 7) is 16.2. The van der Waals surface area contributed by atoms with Crippen molar-refractivity contribution >= 4 is 12.0 Å². The van der Waals surface area contributed by atoms with E-state index in [1.165, 1.54) is 0 Å². The molecule has 0 aromatic rings. The molecular formula is C27H47N3O6. The van der Waals surface area contributed by atoms with Gasteiger partial charge in [0.1, 0.15) is 12.1 Å². The van der Waals surface area contributed by atoms with Gasteiger partial charge in [-0.15, -0.1) is 0 Å². The monoisotopic (exact) mass is 509 g/mol. The molecule has 36 heavy (non-hydrogen) atoms. The Bertz CT molecular complexity index is 744. The molecular weight excluding hydrogens is 462 g/mol. The fourth-order valence-corrected chi connectivity index (χ4v) is 6.52. The first-order valence-electron chi connectivity index (χ1n) is 13.3. The summed E-state index contributed by atoms with van der Waals surface area (Å²) >= 11 is 0. The smallest absolute Gasteiger partial charge is 0.411 e. The van der Waals surface area contributed by atoms with Gasteiger partial charge in [0.15, 0.2) is 0 Å². The molecule has 9 nitrogen and oxygen atoms in total. The first kappa shape index (κ1) is 30.3. The first-order chi connectivity index (χ1) is 17.0. The van der Waals surface area contributed by atoms with E-state index in [9.17, 15) is 9.59 Å². The number of nitrogens with zero attached hydrogens (tertiary/aromatic N) is 3. The van der Waals surface area contributed by atoms with E-state index in [0.717, 1.165) is 51.6 Å². The fraction of sp³-hybridized carbons (Fsp3) is 0.889. The number of rotatable bonds is 9. The van der Waals surface area contributed by atoms with E-state index in [1.807, 2.05) is 25.7 Å². The third-order valence-electron chi connectivity index (χ3n) is 7.44. The molecule has 2 bridgehead atoms. The predicted octanol–water partition coefficient (Wildman–Crippen LogP) is 3.74. The van der Waals surface area contributed by atoms with Crippen LogP contribution in [0, 0.1) is 23.7 Å². The van der Waals surface area contributed by atoms with E-state index in [1.54, 1.807) is 4.90 Å². The second kappa shape index (κ2) is 13.1. The Labute approximate surface area is 217 Å². The molecule has 1 aliphatic heterocycles. The molecule has 2 aliphatic carbocycles. The zero-order valence-electron chi connectivity index (χ0n) is 23.0. The molecule has 9 heteroatoms. The van der Waals surface area contributed by atoms with Crippen molar-refractivity contribution in [2.45, 2.75) is 96.3 Å². The molecule has 0 spiro atoms. The van der Waals surface area contributed by atoms with E-state index in [4.69, 9.17) is 24.6 Å². The molecule has 3 aliphatic rings. The zero-order valence-corrected chi connectivity index (χ0v) is 23.0. The van der Waals surface area contributed by atoms with Crippen LogP contribution in [-0.4, -0.2) is 89.7 Å². The molecule has 1 N–H and O–H groups in total. The molecule has 2 saturated carbocycles. The average molecular weight is 510 g/mol. The molecule has 0 radical (unpaired) electrons. The second-order valence-corrected chi connectivity index (χ2v) is 12.0. The second-order valence-electron chi connectivity index (χ2n) is 12.0. The highest BCUT2D eigenvalue weighted by atomic mass is 16.6. The number of nitriles is 1. The SMILES string of the molecule is C#N.CC1CC2CC(C)(N(CC(=O)N3CCCC3)C(=O)OC(C)(C)C)C[C@@](OCCOCCO)(C1)C2. The Hall–Kier alpha value is -1.89. The Morgan fingerprint density at radius 1 is 1.11 bits per heavy atom. The molecule has 4 atom stereocenters. The van der Waals surface area contributed by atoms with Gasteiger partial charge in [0.2, 0.25) is 5.91 Å². The minimum Gasteiger partial charge on any atom is -0.444 e. The lowest BCUT2D eigenvalue weighted by atomic mass is 9.59. The van der Waals surface area contributed by atoms with Crippen molar-refractivity contribution in [3.63, 3.8) is 0 Å². The summed E-state index contributed by atoms with van der Waals surface area (Å²) in [5, 5.41) is 15.5. The number of hydrogen-bond acceptors (Lipinski definition) is 7. The average Bonchev–Trinajstić information content (AvgIpc) is 3.31. The van der Waals surface area contributed by atoms with Crippen LogP contribution in [0.25, 0.3) is 0 Å². The maximum Gasteiger partial charge on any atom is 0.411 e. The number of aliphatic hydroxyl groups excluding tert-OH is 1. The van der Waals surface area contributed by atoms with Crippen molar-refractivity contribution in [2.24, 2.45) is 11.8 Å². The van der Waals surface area contributed by atoms with Crippen molar-refractivity contribution in [3.05, 3.63) is 0 Å². The highest BCUT2D eigenvalue weighted by molar-refractivity contribution is 5.83. The lowest BCUT2D eigenvalue weighted by Crippen LogP contribution is -2.63. The lowest BCUT2D eigenvalue weighted by molar-refractivity contribution is -0.165. The van der Waals surface area contributed by atoms with Crippen LogP contribution in [0.5, 0.6) is 0 Å². The number of hydrogen-bond donors (Lipinski definition) is 1. The lowest BCUT2D eigenvalue weighted by Gasteiger charge is -2.56. The number of likely N-dealkylation sites (tertiary alicyclic amines) is 1. The van der Waals surface area contributed by atoms with Gasteiger partial charge in [0.05, 0.1) is 32.0 Å². The van der Waals surface area contributed by atoms with Gasteiger partial charge in [0.25, 0.3) is 0 Å². The Kier molecular flexibility index (Phi) is 11.0. The van der Waals surface area contributed by atoms with E-state index in [2.05, 4.69) is 20.4 Å². The van der Waals surface area contributed by atoms with Crippen molar-refractivity contribution in [1.82, 2.24) is 9.80 Å². The van der Waals surface area contributed by atoms with Gasteiger partial charge in [0, 0.05) is 25.2 Å². The fourth-order valence-electron chi connectivity index (χ4n) is 6.52. The third-order valence-corrected chi connectivity index (χ3v) is 7.44. The minimum atomic E-state index is -0.639. The molecule has 206 valence electrons. The Morgan fingerprint density at radius 2 is 1.78 bits per heavy atom. The van der Waals surface area contributed by atoms with E-state index >= 15 is 0 Å². The summed E-state index contributed by atoms with van der Waals surface area (Å²) < 4.78 is 17.8. The van der Waals surface area contributed by atoms with E-state index in [0.29, 0.717) is 38.1 Å². The van der Waals surface area contributed by atoms with Crippen molar-refractivity contribution in [1.29, 1.82) is 5.26 Å². The molecule has 1 saturated heterocycles. The van der Waals surface area contributed by atoms with Gasteiger partial charge in [-0.3, -0.25) is 9.69 Å². The van der Waals surface area contributed by atoms with Gasteiger partial charge in [-0.05, 0) is 84.5 Å². The maximum atomic E-state index is 13.5. The summed E-state index contributed by atoms with van der Waals surface area (Å²) in [7, 11) is 0. The number of ether oxygens (including phenoxy) is 3. The van der Waals surface area contributed by atoms with Crippen LogP contribution < -0.4 is 0 Å². The summed E-state index contributed by atoms with van der Waals surface area (Å²) in [6.07, 6.45) is 6.14. The van der Waals surface area contributed by atoms with E-state index < -0.39 is 17.2 Å². The molecule has 3 unspecified atom stereocenters. The minimum absolute atomic E-state index is 0.000979. The van der Waals surface area contributed by atoms with E-state index in [-0.39, 0.29) is 24.7 Å². The van der Waals surface area contributed by atoms with Crippen LogP contribution in [0.15, 0.2) is 0 Å². The Morgan fingerprint density at radius 3 is 2.39 bits per heavy atom. The Balaban J connectivity index is 0.00000222. The number of aliphatic hydroxyl groups is 1. The quantitative estimate of drug-likeness (QED) is 0.471. The summed E-state index contributed by atoms with van der Waals surface area (Å²) in [4.78, 5) is 30.2. The van der Waals surface area contributed by atoms with Crippen LogP contribution >= 0.6 is 0 Å². The van der Waals surface area contributed by atoms with Crippen LogP contribution in [-0.2, 0) is 19.0 Å². The summed E-state index contributed by atoms with van der Waals surface area (Å²) in [5.74, 6) is 0.969. The van der Waals surface area contributed by atoms with Crippen LogP contribution in [0.1, 0.15) is 79.6 Å². The summed E-state index contributed by atoms with van der Waals surface area (Å²) in [5.41, 5.74) is -1.53. The molecule has 2 amide bonds. The zero-order chi connectivity index (χ0) is 27.0. The number of amides is 2. The van der Waals surface area contributed by atoms with Gasteiger partial charge < -0.3 is 24.2 Å². The van der Waals surface area contributed by atoms with Gasteiger partial charge in [-0.25, -0.2) is 10.1 Å². The molecule has 1 heterocycles. The molecule has 3 fully saturated rings. The van der Waals surface area contributed by atoms with Gasteiger partial charge in [-0.2, -0.15) is 0 Å². The number of carbonyl (C=O) groups is 2. The van der Waals surface area contributed by atoms with Crippen LogP contribution in [0.2, 0.25) is 0 Å². The molecule has 0 aromatic carbocycles.